The molecule has 0 radical (unpaired) electrons. The molecule has 12 N–H and O–H groups in total. The average Bonchev–Trinajstić information content (AvgIpc) is 4.24. The Morgan fingerprint density at radius 3 is 1.28 bits per heavy atom. The summed E-state index contributed by atoms with van der Waals surface area (Å²) in [5, 5.41) is 34.1. The smallest absolute Gasteiger partial charge is 0.248 e. The van der Waals surface area contributed by atoms with E-state index in [2.05, 4.69) is 47.9 Å². The number of hydrogen-bond donors (Lipinski definition) is 11. The lowest BCUT2D eigenvalue weighted by molar-refractivity contribution is -0.146. The lowest BCUT2D eigenvalue weighted by Gasteiger charge is -2.36. The van der Waals surface area contributed by atoms with Crippen molar-refractivity contribution in [3.05, 3.63) is 0 Å². The number of aliphatic hydroxyl groups excluding tert-OH is 1. The Morgan fingerprint density at radius 2 is 0.878 bits per heavy atom. The molecule has 2 heterocycles. The van der Waals surface area contributed by atoms with Crippen molar-refractivity contribution in [1.29, 1.82) is 0 Å². The van der Waals surface area contributed by atoms with E-state index in [1.807, 2.05) is 41.5 Å². The second-order valence-electron chi connectivity index (χ2n) is 25.9. The van der Waals surface area contributed by atoms with Gasteiger partial charge in [-0.1, -0.05) is 69.2 Å². The molecule has 25 heteroatoms. The molecule has 2 fully saturated rings. The van der Waals surface area contributed by atoms with E-state index < -0.39 is 142 Å². The summed E-state index contributed by atoms with van der Waals surface area (Å²) in [5.41, 5.74) is 0.756. The summed E-state index contributed by atoms with van der Waals surface area (Å²) in [4.78, 5) is 166. The average molecular weight is 1160 g/mol. The highest BCUT2D eigenvalue weighted by molar-refractivity contribution is 6.01. The monoisotopic (exact) mass is 1160 g/mol. The van der Waals surface area contributed by atoms with Crippen LogP contribution in [0.2, 0.25) is 0 Å². The fraction of sp³-hybridized carbons (Fsp3) is 0.789. The number of hydrogen-bond acceptors (Lipinski definition) is 13. The molecule has 0 aromatic rings. The number of likely N-dealkylation sites (tertiary alicyclic amines) is 2. The van der Waals surface area contributed by atoms with Crippen molar-refractivity contribution in [1.82, 2.24) is 57.7 Å². The van der Waals surface area contributed by atoms with Crippen LogP contribution in [0.4, 0.5) is 0 Å². The maximum atomic E-state index is 14.5. The van der Waals surface area contributed by atoms with Crippen molar-refractivity contribution in [2.24, 2.45) is 35.3 Å². The lowest BCUT2D eigenvalue weighted by atomic mass is 9.97. The van der Waals surface area contributed by atoms with Crippen LogP contribution in [0.1, 0.15) is 175 Å². The summed E-state index contributed by atoms with van der Waals surface area (Å²) in [6.45, 7) is 28.4. The molecule has 8 atom stereocenters. The molecule has 466 valence electrons. The highest BCUT2D eigenvalue weighted by Gasteiger charge is 2.46. The van der Waals surface area contributed by atoms with E-state index in [0.29, 0.717) is 25.7 Å². The Bertz CT molecular complexity index is 2300. The van der Waals surface area contributed by atoms with Gasteiger partial charge < -0.3 is 68.5 Å². The maximum absolute atomic E-state index is 14.5. The Morgan fingerprint density at radius 1 is 0.488 bits per heavy atom. The van der Waals surface area contributed by atoms with Crippen LogP contribution >= 0.6 is 0 Å². The molecule has 0 aromatic carbocycles. The molecular formula is C57H100N12O13. The molecule has 0 aromatic heterocycles. The second kappa shape index (κ2) is 31.3. The number of rotatable bonds is 31. The third kappa shape index (κ3) is 22.1. The predicted octanol–water partition coefficient (Wildman–Crippen LogP) is 0.290. The van der Waals surface area contributed by atoms with Gasteiger partial charge in [-0.3, -0.25) is 57.5 Å². The number of carbonyl (C=O) groups excluding carboxylic acids is 12. The van der Waals surface area contributed by atoms with Crippen LogP contribution in [0.15, 0.2) is 0 Å². The van der Waals surface area contributed by atoms with E-state index in [0.717, 1.165) is 0 Å². The van der Waals surface area contributed by atoms with Gasteiger partial charge in [0.05, 0.1) is 19.1 Å². The van der Waals surface area contributed by atoms with Gasteiger partial charge in [0.2, 0.25) is 70.9 Å². The topological polar surface area (TPSA) is 366 Å². The first-order valence-corrected chi connectivity index (χ1v) is 29.0. The first kappa shape index (κ1) is 71.7. The van der Waals surface area contributed by atoms with Crippen molar-refractivity contribution >= 4 is 70.9 Å². The van der Waals surface area contributed by atoms with E-state index in [1.54, 1.807) is 27.7 Å². The van der Waals surface area contributed by atoms with Crippen molar-refractivity contribution in [2.45, 2.75) is 240 Å². The zero-order valence-corrected chi connectivity index (χ0v) is 51.8. The zero-order valence-electron chi connectivity index (χ0n) is 51.8. The Balaban J connectivity index is 2.29. The molecule has 12 amide bonds. The lowest BCUT2D eigenvalue weighted by Crippen LogP contribution is -2.64. The van der Waals surface area contributed by atoms with Crippen molar-refractivity contribution < 1.29 is 62.6 Å². The van der Waals surface area contributed by atoms with Crippen LogP contribution in [0.25, 0.3) is 0 Å². The number of primary amides is 1. The Hall–Kier alpha value is -6.40. The van der Waals surface area contributed by atoms with Gasteiger partial charge in [0.25, 0.3) is 0 Å². The minimum atomic E-state index is -1.66. The molecule has 0 spiro atoms. The number of nitrogens with one attached hydrogen (secondary N) is 9. The van der Waals surface area contributed by atoms with E-state index in [-0.39, 0.29) is 75.0 Å². The number of nitrogens with two attached hydrogens (primary N) is 1. The van der Waals surface area contributed by atoms with Crippen molar-refractivity contribution in [3.8, 4) is 0 Å². The summed E-state index contributed by atoms with van der Waals surface area (Å²) in [6, 6.07) is -8.73. The number of aliphatic hydroxyl groups is 1. The summed E-state index contributed by atoms with van der Waals surface area (Å²) in [5.74, 6) is -8.97. The summed E-state index contributed by atoms with van der Waals surface area (Å²) in [6.07, 6.45) is 1.89. The third-order valence-electron chi connectivity index (χ3n) is 14.2. The van der Waals surface area contributed by atoms with E-state index >= 15 is 0 Å². The normalized spacial score (nSPS) is 18.0. The van der Waals surface area contributed by atoms with Gasteiger partial charge in [-0.25, -0.2) is 0 Å². The highest BCUT2D eigenvalue weighted by atomic mass is 16.3. The van der Waals surface area contributed by atoms with Gasteiger partial charge in [-0.15, -0.1) is 0 Å². The van der Waals surface area contributed by atoms with Crippen LogP contribution in [0.5, 0.6) is 0 Å². The third-order valence-corrected chi connectivity index (χ3v) is 14.2. The number of nitrogens with zero attached hydrogens (tertiary/aromatic N) is 2. The summed E-state index contributed by atoms with van der Waals surface area (Å²) < 4.78 is 0. The van der Waals surface area contributed by atoms with Gasteiger partial charge in [0.15, 0.2) is 0 Å². The molecule has 0 aliphatic carbocycles. The molecule has 2 saturated heterocycles. The van der Waals surface area contributed by atoms with Gasteiger partial charge in [0, 0.05) is 20.0 Å². The molecule has 2 aliphatic rings. The van der Waals surface area contributed by atoms with Crippen LogP contribution in [0.3, 0.4) is 0 Å². The minimum Gasteiger partial charge on any atom is -0.394 e. The quantitative estimate of drug-likeness (QED) is 0.0445. The van der Waals surface area contributed by atoms with Gasteiger partial charge in [-0.05, 0) is 122 Å². The summed E-state index contributed by atoms with van der Waals surface area (Å²) in [7, 11) is 0. The molecule has 82 heavy (non-hydrogen) atoms. The first-order chi connectivity index (χ1) is 37.7. The molecule has 0 saturated carbocycles. The van der Waals surface area contributed by atoms with Crippen molar-refractivity contribution in [2.75, 3.05) is 19.7 Å². The van der Waals surface area contributed by atoms with E-state index in [9.17, 15) is 62.6 Å². The molecule has 25 nitrogen and oxygen atoms in total. The fourth-order valence-electron chi connectivity index (χ4n) is 10.2. The number of amides is 12. The zero-order chi connectivity index (χ0) is 62.9. The second-order valence-corrected chi connectivity index (χ2v) is 25.9. The maximum Gasteiger partial charge on any atom is 0.248 e. The molecular weight excluding hydrogens is 1060 g/mol. The van der Waals surface area contributed by atoms with Crippen LogP contribution < -0.4 is 53.6 Å². The highest BCUT2D eigenvalue weighted by Crippen LogP contribution is 2.25. The van der Waals surface area contributed by atoms with Crippen LogP contribution in [0, 0.1) is 29.6 Å². The molecule has 0 bridgehead atoms. The Kier molecular flexibility index (Phi) is 27.4. The first-order valence-electron chi connectivity index (χ1n) is 29.0. The number of carbonyl (C=O) groups is 12. The Labute approximate surface area is 485 Å². The van der Waals surface area contributed by atoms with E-state index in [4.69, 9.17) is 5.73 Å². The summed E-state index contributed by atoms with van der Waals surface area (Å²) >= 11 is 0. The van der Waals surface area contributed by atoms with Crippen LogP contribution in [-0.4, -0.2) is 170 Å². The largest absolute Gasteiger partial charge is 0.394 e. The predicted molar refractivity (Wildman–Crippen MR) is 307 cm³/mol. The van der Waals surface area contributed by atoms with Gasteiger partial charge in [0.1, 0.15) is 58.9 Å². The molecule has 2 aliphatic heterocycles. The molecule has 2 rings (SSSR count). The van der Waals surface area contributed by atoms with Crippen LogP contribution in [-0.2, 0) is 57.5 Å². The standard InChI is InChI=1S/C57H100N12O13/c1-30(2)24-36(29-70)59-49(77)41-20-18-22-68(41)53(81)56(14,15)66-48(76)39(27-33(7)8)61-45(73)37(25-31(3)4)62-50(78)42-21-19-23-69(42)54(82)57(16,17)67-51(79)44(34(9)10)64-47(75)38(26-32(5)6)60-46(74)40(28-43(58)72)63-52(80)55(12,13)65-35(11)71/h30-34,36-42,44,70H,18-29H2,1-17H3,(H2,58,72)(H,59,77)(H,60,74)(H,61,73)(H,62,78)(H,63,80)(H,64,75)(H,65,71)(H,66,76)(H,67,79). The SMILES string of the molecule is CC(=O)NC(C)(C)C(=O)NC(CC(N)=O)C(=O)NC(CC(C)C)C(=O)NC(C(=O)NC(C)(C)C(=O)N1CCCC1C(=O)NC(CC(C)C)C(=O)NC(CC(C)C)C(=O)NC(C)(C)C(=O)N1CCCC1C(=O)NC(CO)CC(C)C)C(C)C. The van der Waals surface area contributed by atoms with Crippen molar-refractivity contribution in [3.63, 3.8) is 0 Å². The van der Waals surface area contributed by atoms with Gasteiger partial charge >= 0.3 is 0 Å². The minimum absolute atomic E-state index is 0.0606. The molecule has 8 unspecified atom stereocenters. The van der Waals surface area contributed by atoms with Gasteiger partial charge in [-0.2, -0.15) is 0 Å². The fourth-order valence-corrected chi connectivity index (χ4v) is 10.2. The van der Waals surface area contributed by atoms with E-state index in [1.165, 1.54) is 58.3 Å².